The van der Waals surface area contributed by atoms with Crippen molar-refractivity contribution in [1.29, 1.82) is 0 Å². The number of amides is 1. The van der Waals surface area contributed by atoms with E-state index in [1.54, 1.807) is 0 Å². The maximum atomic E-state index is 11.9. The molecule has 1 aromatic heterocycles. The Labute approximate surface area is 83.6 Å². The van der Waals surface area contributed by atoms with Crippen LogP contribution in [0.3, 0.4) is 0 Å². The summed E-state index contributed by atoms with van der Waals surface area (Å²) < 4.78 is 12.9. The number of benzene rings is 1. The van der Waals surface area contributed by atoms with Crippen molar-refractivity contribution < 1.29 is 9.18 Å². The van der Waals surface area contributed by atoms with Gasteiger partial charge in [0.1, 0.15) is 0 Å². The highest BCUT2D eigenvalue weighted by Crippen LogP contribution is 2.25. The Bertz CT molecular complexity index is 436. The van der Waals surface area contributed by atoms with Gasteiger partial charge in [-0.1, -0.05) is 23.5 Å². The average molecular weight is 210 g/mol. The molecule has 0 spiro atoms. The van der Waals surface area contributed by atoms with E-state index < -0.39 is 12.6 Å². The number of hydrogen-bond acceptors (Lipinski definition) is 3. The van der Waals surface area contributed by atoms with E-state index in [-0.39, 0.29) is 0 Å². The number of anilines is 1. The zero-order valence-electron chi connectivity index (χ0n) is 7.16. The van der Waals surface area contributed by atoms with Crippen LogP contribution in [-0.2, 0) is 4.79 Å². The molecule has 0 aliphatic rings. The van der Waals surface area contributed by atoms with Gasteiger partial charge in [0.05, 0.1) is 10.2 Å². The van der Waals surface area contributed by atoms with Gasteiger partial charge in [0.25, 0.3) is 5.91 Å². The van der Waals surface area contributed by atoms with Gasteiger partial charge in [-0.15, -0.1) is 0 Å². The summed E-state index contributed by atoms with van der Waals surface area (Å²) in [5, 5.41) is 2.81. The lowest BCUT2D eigenvalue weighted by atomic mass is 10.3. The van der Waals surface area contributed by atoms with Gasteiger partial charge in [-0.05, 0) is 12.1 Å². The zero-order chi connectivity index (χ0) is 9.97. The van der Waals surface area contributed by atoms with Crippen molar-refractivity contribution >= 4 is 32.6 Å². The first-order valence-corrected chi connectivity index (χ1v) is 4.82. The van der Waals surface area contributed by atoms with Crippen LogP contribution >= 0.6 is 11.3 Å². The van der Waals surface area contributed by atoms with E-state index in [1.165, 1.54) is 11.3 Å². The van der Waals surface area contributed by atoms with Crippen LogP contribution in [0, 0.1) is 0 Å². The molecular weight excluding hydrogens is 203 g/mol. The van der Waals surface area contributed by atoms with E-state index in [2.05, 4.69) is 10.3 Å². The number of alkyl halides is 1. The summed E-state index contributed by atoms with van der Waals surface area (Å²) in [6.07, 6.45) is 0. The molecule has 5 heteroatoms. The Balaban J connectivity index is 2.31. The second-order valence-electron chi connectivity index (χ2n) is 2.67. The van der Waals surface area contributed by atoms with Crippen LogP contribution in [0.1, 0.15) is 0 Å². The minimum absolute atomic E-state index is 0.439. The number of nitrogens with zero attached hydrogens (tertiary/aromatic N) is 1. The fraction of sp³-hybridized carbons (Fsp3) is 0.111. The van der Waals surface area contributed by atoms with Crippen LogP contribution in [0.25, 0.3) is 10.2 Å². The van der Waals surface area contributed by atoms with Crippen molar-refractivity contribution in [2.24, 2.45) is 0 Å². The van der Waals surface area contributed by atoms with Crippen LogP contribution in [0.5, 0.6) is 0 Å². The van der Waals surface area contributed by atoms with Crippen molar-refractivity contribution in [3.8, 4) is 0 Å². The van der Waals surface area contributed by atoms with Crippen molar-refractivity contribution in [1.82, 2.24) is 4.98 Å². The smallest absolute Gasteiger partial charge is 0.257 e. The standard InChI is InChI=1S/C9H7FN2OS/c10-5-8(13)12-9-11-6-3-1-2-4-7(6)14-9/h1-4H,5H2,(H,11,12,13). The van der Waals surface area contributed by atoms with Gasteiger partial charge < -0.3 is 0 Å². The van der Waals surface area contributed by atoms with Crippen LogP contribution in [0.2, 0.25) is 0 Å². The predicted molar refractivity (Wildman–Crippen MR) is 54.2 cm³/mol. The number of carbonyl (C=O) groups excluding carboxylic acids is 1. The monoisotopic (exact) mass is 210 g/mol. The van der Waals surface area contributed by atoms with E-state index >= 15 is 0 Å². The van der Waals surface area contributed by atoms with E-state index in [0.29, 0.717) is 5.13 Å². The molecule has 1 aromatic carbocycles. The number of carbonyl (C=O) groups is 1. The molecule has 3 nitrogen and oxygen atoms in total. The summed E-state index contributed by atoms with van der Waals surface area (Å²) in [5.74, 6) is -0.663. The summed E-state index contributed by atoms with van der Waals surface area (Å²) in [4.78, 5) is 14.9. The fourth-order valence-electron chi connectivity index (χ4n) is 1.08. The summed E-state index contributed by atoms with van der Waals surface area (Å²) in [6, 6.07) is 7.50. The molecule has 2 aromatic rings. The highest BCUT2D eigenvalue weighted by molar-refractivity contribution is 7.22. The minimum Gasteiger partial charge on any atom is -0.300 e. The highest BCUT2D eigenvalue weighted by atomic mass is 32.1. The van der Waals surface area contributed by atoms with Crippen molar-refractivity contribution in [2.45, 2.75) is 0 Å². The Kier molecular flexibility index (Phi) is 2.41. The molecular formula is C9H7FN2OS. The second-order valence-corrected chi connectivity index (χ2v) is 3.70. The Morgan fingerprint density at radius 3 is 3.00 bits per heavy atom. The first-order valence-electron chi connectivity index (χ1n) is 4.01. The third-order valence-electron chi connectivity index (χ3n) is 1.66. The van der Waals surface area contributed by atoms with Gasteiger partial charge >= 0.3 is 0 Å². The number of nitrogens with one attached hydrogen (secondary N) is 1. The number of aromatic nitrogens is 1. The fourth-order valence-corrected chi connectivity index (χ4v) is 1.96. The van der Waals surface area contributed by atoms with Crippen molar-refractivity contribution in [2.75, 3.05) is 12.0 Å². The molecule has 14 heavy (non-hydrogen) atoms. The molecule has 2 rings (SSSR count). The lowest BCUT2D eigenvalue weighted by Gasteiger charge is -1.93. The molecule has 0 aliphatic carbocycles. The summed E-state index contributed by atoms with van der Waals surface area (Å²) in [7, 11) is 0. The van der Waals surface area contributed by atoms with Gasteiger partial charge in [0, 0.05) is 0 Å². The number of para-hydroxylation sites is 1. The molecule has 0 fully saturated rings. The van der Waals surface area contributed by atoms with E-state index in [1.807, 2.05) is 24.3 Å². The van der Waals surface area contributed by atoms with Crippen LogP contribution in [0.4, 0.5) is 9.52 Å². The third-order valence-corrected chi connectivity index (χ3v) is 2.61. The maximum Gasteiger partial charge on any atom is 0.257 e. The first-order chi connectivity index (χ1) is 6.79. The van der Waals surface area contributed by atoms with Gasteiger partial charge in [-0.2, -0.15) is 0 Å². The summed E-state index contributed by atoms with van der Waals surface area (Å²) >= 11 is 1.33. The largest absolute Gasteiger partial charge is 0.300 e. The number of rotatable bonds is 2. The molecule has 1 N–H and O–H groups in total. The molecule has 0 radical (unpaired) electrons. The topological polar surface area (TPSA) is 42.0 Å². The molecule has 0 atom stereocenters. The highest BCUT2D eigenvalue weighted by Gasteiger charge is 2.05. The molecule has 0 saturated carbocycles. The lowest BCUT2D eigenvalue weighted by Crippen LogP contribution is -2.12. The Morgan fingerprint density at radius 2 is 2.29 bits per heavy atom. The SMILES string of the molecule is O=C(CF)Nc1nc2ccccc2s1. The van der Waals surface area contributed by atoms with Crippen LogP contribution in [-0.4, -0.2) is 17.6 Å². The number of halogens is 1. The molecule has 1 amide bonds. The van der Waals surface area contributed by atoms with Gasteiger partial charge in [-0.3, -0.25) is 10.1 Å². The third kappa shape index (κ3) is 1.72. The number of fused-ring (bicyclic) bond motifs is 1. The average Bonchev–Trinajstić information content (AvgIpc) is 2.59. The van der Waals surface area contributed by atoms with Crippen molar-refractivity contribution in [3.05, 3.63) is 24.3 Å². The molecule has 0 saturated heterocycles. The normalized spacial score (nSPS) is 10.4. The molecule has 72 valence electrons. The lowest BCUT2D eigenvalue weighted by molar-refractivity contribution is -0.117. The maximum absolute atomic E-state index is 11.9. The van der Waals surface area contributed by atoms with Gasteiger partial charge in [0.15, 0.2) is 11.8 Å². The Hall–Kier alpha value is -1.49. The predicted octanol–water partition coefficient (Wildman–Crippen LogP) is 2.20. The van der Waals surface area contributed by atoms with Crippen LogP contribution < -0.4 is 5.32 Å². The van der Waals surface area contributed by atoms with Crippen LogP contribution in [0.15, 0.2) is 24.3 Å². The molecule has 0 bridgehead atoms. The van der Waals surface area contributed by atoms with Gasteiger partial charge in [0.2, 0.25) is 0 Å². The molecule has 0 unspecified atom stereocenters. The molecule has 1 heterocycles. The van der Waals surface area contributed by atoms with E-state index in [9.17, 15) is 9.18 Å². The van der Waals surface area contributed by atoms with E-state index in [4.69, 9.17) is 0 Å². The van der Waals surface area contributed by atoms with Crippen molar-refractivity contribution in [3.63, 3.8) is 0 Å². The zero-order valence-corrected chi connectivity index (χ0v) is 7.97. The quantitative estimate of drug-likeness (QED) is 0.825. The van der Waals surface area contributed by atoms with Gasteiger partial charge in [-0.25, -0.2) is 9.37 Å². The van der Waals surface area contributed by atoms with E-state index in [0.717, 1.165) is 10.2 Å². The number of hydrogen-bond donors (Lipinski definition) is 1. The summed E-state index contributed by atoms with van der Waals surface area (Å²) in [6.45, 7) is -1.02. The second kappa shape index (κ2) is 3.71. The summed E-state index contributed by atoms with van der Waals surface area (Å²) in [5.41, 5.74) is 0.812. The molecule has 0 aliphatic heterocycles. The number of thiazole rings is 1. The minimum atomic E-state index is -1.02. The Morgan fingerprint density at radius 1 is 1.50 bits per heavy atom. The first kappa shape index (κ1) is 9.08.